The maximum atomic E-state index is 6.04. The lowest BCUT2D eigenvalue weighted by Gasteiger charge is -2.12. The summed E-state index contributed by atoms with van der Waals surface area (Å²) in [6.45, 7) is 4.17. The van der Waals surface area contributed by atoms with Gasteiger partial charge in [0.25, 0.3) is 0 Å². The first-order chi connectivity index (χ1) is 8.70. The van der Waals surface area contributed by atoms with Crippen molar-refractivity contribution in [3.8, 4) is 0 Å². The second-order valence-electron chi connectivity index (χ2n) is 4.46. The lowest BCUT2D eigenvalue weighted by molar-refractivity contribution is 0.310. The summed E-state index contributed by atoms with van der Waals surface area (Å²) in [5.74, 6) is 1.46. The van der Waals surface area contributed by atoms with Gasteiger partial charge in [-0.2, -0.15) is 4.98 Å². The molecular weight excluding hydrogens is 228 g/mol. The molecule has 18 heavy (non-hydrogen) atoms. The molecule has 0 aliphatic heterocycles. The number of pyridine rings is 1. The standard InChI is InChI=1S/C13H18N4O/c1-3-9(2)12(14)13-16-11(17-18-13)8-10-6-4-5-7-15-10/h4-7,9,12H,3,8,14H2,1-2H3/t9?,12-/m0/s1. The highest BCUT2D eigenvalue weighted by molar-refractivity contribution is 5.09. The van der Waals surface area contributed by atoms with Crippen LogP contribution in [0.4, 0.5) is 0 Å². The van der Waals surface area contributed by atoms with Crippen LogP contribution in [0.2, 0.25) is 0 Å². The summed E-state index contributed by atoms with van der Waals surface area (Å²) in [6, 6.07) is 5.56. The molecule has 0 aliphatic rings. The van der Waals surface area contributed by atoms with E-state index in [1.54, 1.807) is 6.20 Å². The normalized spacial score (nSPS) is 14.4. The number of hydrogen-bond donors (Lipinski definition) is 1. The fourth-order valence-electron chi connectivity index (χ4n) is 1.64. The van der Waals surface area contributed by atoms with Crippen LogP contribution in [0.3, 0.4) is 0 Å². The highest BCUT2D eigenvalue weighted by atomic mass is 16.5. The minimum atomic E-state index is -0.194. The van der Waals surface area contributed by atoms with Crippen LogP contribution in [-0.4, -0.2) is 15.1 Å². The van der Waals surface area contributed by atoms with Crippen LogP contribution in [-0.2, 0) is 6.42 Å². The molecule has 0 aromatic carbocycles. The zero-order valence-electron chi connectivity index (χ0n) is 10.7. The maximum absolute atomic E-state index is 6.04. The van der Waals surface area contributed by atoms with Gasteiger partial charge in [0.05, 0.1) is 12.5 Å². The predicted molar refractivity (Wildman–Crippen MR) is 67.7 cm³/mol. The highest BCUT2D eigenvalue weighted by Gasteiger charge is 2.20. The van der Waals surface area contributed by atoms with Crippen LogP contribution in [0.1, 0.15) is 43.7 Å². The Hall–Kier alpha value is -1.75. The Morgan fingerprint density at radius 3 is 2.89 bits per heavy atom. The average molecular weight is 246 g/mol. The molecule has 2 aromatic rings. The van der Waals surface area contributed by atoms with Gasteiger partial charge in [-0.25, -0.2) is 0 Å². The van der Waals surface area contributed by atoms with Crippen molar-refractivity contribution in [2.45, 2.75) is 32.7 Å². The molecule has 1 unspecified atom stereocenters. The first kappa shape index (κ1) is 12.7. The monoisotopic (exact) mass is 246 g/mol. The van der Waals surface area contributed by atoms with E-state index in [1.165, 1.54) is 0 Å². The second-order valence-corrected chi connectivity index (χ2v) is 4.46. The Balaban J connectivity index is 2.07. The number of nitrogens with two attached hydrogens (primary N) is 1. The summed E-state index contributed by atoms with van der Waals surface area (Å²) in [6.07, 6.45) is 3.30. The van der Waals surface area contributed by atoms with Crippen molar-refractivity contribution in [2.24, 2.45) is 11.7 Å². The van der Waals surface area contributed by atoms with Gasteiger partial charge in [0.15, 0.2) is 5.82 Å². The Morgan fingerprint density at radius 1 is 1.39 bits per heavy atom. The van der Waals surface area contributed by atoms with E-state index in [9.17, 15) is 0 Å². The van der Waals surface area contributed by atoms with Gasteiger partial charge < -0.3 is 10.3 Å². The Morgan fingerprint density at radius 2 is 2.22 bits per heavy atom. The van der Waals surface area contributed by atoms with E-state index in [0.717, 1.165) is 12.1 Å². The molecule has 0 amide bonds. The minimum Gasteiger partial charge on any atom is -0.338 e. The fraction of sp³-hybridized carbons (Fsp3) is 0.462. The summed E-state index contributed by atoms with van der Waals surface area (Å²) in [5, 5.41) is 3.94. The summed E-state index contributed by atoms with van der Waals surface area (Å²) in [7, 11) is 0. The van der Waals surface area contributed by atoms with Crippen LogP contribution >= 0.6 is 0 Å². The molecule has 2 heterocycles. The molecule has 0 saturated carbocycles. The quantitative estimate of drug-likeness (QED) is 0.874. The smallest absolute Gasteiger partial charge is 0.243 e. The van der Waals surface area contributed by atoms with Gasteiger partial charge in [-0.3, -0.25) is 4.98 Å². The van der Waals surface area contributed by atoms with Gasteiger partial charge in [-0.1, -0.05) is 31.5 Å². The number of nitrogens with zero attached hydrogens (tertiary/aromatic N) is 3. The van der Waals surface area contributed by atoms with Crippen molar-refractivity contribution < 1.29 is 4.52 Å². The molecule has 2 aromatic heterocycles. The molecule has 2 N–H and O–H groups in total. The lowest BCUT2D eigenvalue weighted by atomic mass is 10.0. The molecule has 5 heteroatoms. The largest absolute Gasteiger partial charge is 0.338 e. The molecular formula is C13H18N4O. The summed E-state index contributed by atoms with van der Waals surface area (Å²) >= 11 is 0. The molecule has 0 spiro atoms. The summed E-state index contributed by atoms with van der Waals surface area (Å²) < 4.78 is 5.21. The topological polar surface area (TPSA) is 77.8 Å². The van der Waals surface area contributed by atoms with Gasteiger partial charge in [0.1, 0.15) is 0 Å². The van der Waals surface area contributed by atoms with Crippen molar-refractivity contribution in [3.63, 3.8) is 0 Å². The average Bonchev–Trinajstić information content (AvgIpc) is 2.86. The van der Waals surface area contributed by atoms with E-state index in [0.29, 0.717) is 24.1 Å². The van der Waals surface area contributed by atoms with E-state index in [-0.39, 0.29) is 6.04 Å². The van der Waals surface area contributed by atoms with Crippen molar-refractivity contribution in [1.29, 1.82) is 0 Å². The number of hydrogen-bond acceptors (Lipinski definition) is 5. The van der Waals surface area contributed by atoms with Gasteiger partial charge in [-0.05, 0) is 18.1 Å². The molecule has 0 bridgehead atoms. The van der Waals surface area contributed by atoms with E-state index in [2.05, 4.69) is 29.0 Å². The Kier molecular flexibility index (Phi) is 4.04. The van der Waals surface area contributed by atoms with Crippen LogP contribution in [0, 0.1) is 5.92 Å². The Bertz CT molecular complexity index is 483. The van der Waals surface area contributed by atoms with Crippen molar-refractivity contribution >= 4 is 0 Å². The molecule has 0 aliphatic carbocycles. The molecule has 2 atom stereocenters. The number of aromatic nitrogens is 3. The van der Waals surface area contributed by atoms with E-state index in [4.69, 9.17) is 10.3 Å². The predicted octanol–water partition coefficient (Wildman–Crippen LogP) is 2.10. The van der Waals surface area contributed by atoms with Crippen LogP contribution in [0.15, 0.2) is 28.9 Å². The van der Waals surface area contributed by atoms with E-state index in [1.807, 2.05) is 18.2 Å². The van der Waals surface area contributed by atoms with Gasteiger partial charge in [-0.15, -0.1) is 0 Å². The Labute approximate surface area is 106 Å². The molecule has 0 radical (unpaired) electrons. The first-order valence-electron chi connectivity index (χ1n) is 6.18. The van der Waals surface area contributed by atoms with Crippen LogP contribution in [0.5, 0.6) is 0 Å². The molecule has 96 valence electrons. The van der Waals surface area contributed by atoms with Crippen molar-refractivity contribution in [2.75, 3.05) is 0 Å². The van der Waals surface area contributed by atoms with Crippen LogP contribution in [0.25, 0.3) is 0 Å². The molecule has 2 rings (SSSR count). The van der Waals surface area contributed by atoms with Gasteiger partial charge in [0.2, 0.25) is 5.89 Å². The molecule has 0 fully saturated rings. The minimum absolute atomic E-state index is 0.194. The van der Waals surface area contributed by atoms with Crippen LogP contribution < -0.4 is 5.73 Å². The third-order valence-corrected chi connectivity index (χ3v) is 3.09. The fourth-order valence-corrected chi connectivity index (χ4v) is 1.64. The third-order valence-electron chi connectivity index (χ3n) is 3.09. The number of rotatable bonds is 5. The zero-order valence-corrected chi connectivity index (χ0v) is 10.7. The molecule has 0 saturated heterocycles. The second kappa shape index (κ2) is 5.73. The van der Waals surface area contributed by atoms with E-state index < -0.39 is 0 Å². The summed E-state index contributed by atoms with van der Waals surface area (Å²) in [5.41, 5.74) is 6.96. The van der Waals surface area contributed by atoms with E-state index >= 15 is 0 Å². The van der Waals surface area contributed by atoms with Crippen molar-refractivity contribution in [3.05, 3.63) is 41.8 Å². The van der Waals surface area contributed by atoms with Crippen molar-refractivity contribution in [1.82, 2.24) is 15.1 Å². The first-order valence-corrected chi connectivity index (χ1v) is 6.18. The maximum Gasteiger partial charge on any atom is 0.243 e. The molecule has 5 nitrogen and oxygen atoms in total. The summed E-state index contributed by atoms with van der Waals surface area (Å²) in [4.78, 5) is 8.56. The zero-order chi connectivity index (χ0) is 13.0. The SMILES string of the molecule is CCC(C)[C@H](N)c1nc(Cc2ccccn2)no1. The van der Waals surface area contributed by atoms with Gasteiger partial charge >= 0.3 is 0 Å². The van der Waals surface area contributed by atoms with Gasteiger partial charge in [0, 0.05) is 11.9 Å². The third kappa shape index (κ3) is 2.92. The lowest BCUT2D eigenvalue weighted by Crippen LogP contribution is -2.18. The highest BCUT2D eigenvalue weighted by Crippen LogP contribution is 2.20.